The number of guanidine groups is 1. The minimum absolute atomic E-state index is 0.754. The lowest BCUT2D eigenvalue weighted by atomic mass is 10.4. The number of aliphatic imine (C=N–C) groups is 1. The van der Waals surface area contributed by atoms with E-state index in [1.165, 1.54) is 9.75 Å². The van der Waals surface area contributed by atoms with E-state index in [2.05, 4.69) is 60.5 Å². The Labute approximate surface area is 127 Å². The standard InChI is InChI=1S/C15H28N4S/c1-5-13-8-9-14(20-13)12-18-15(16-6-2)17-10-11-19(4)7-3/h8-9H,5-7,10-12H2,1-4H3,(H2,16,17,18). The molecule has 0 bridgehead atoms. The third kappa shape index (κ3) is 6.39. The maximum absolute atomic E-state index is 4.64. The molecule has 2 N–H and O–H groups in total. The summed E-state index contributed by atoms with van der Waals surface area (Å²) in [6, 6.07) is 4.38. The van der Waals surface area contributed by atoms with Crippen molar-refractivity contribution < 1.29 is 0 Å². The molecule has 5 heteroatoms. The van der Waals surface area contributed by atoms with Gasteiger partial charge >= 0.3 is 0 Å². The SMILES string of the molecule is CCNC(=NCc1ccc(CC)s1)NCCN(C)CC. The first-order chi connectivity index (χ1) is 9.69. The van der Waals surface area contributed by atoms with E-state index in [1.807, 2.05) is 11.3 Å². The van der Waals surface area contributed by atoms with Crippen LogP contribution in [0, 0.1) is 0 Å². The average Bonchev–Trinajstić information content (AvgIpc) is 2.92. The molecule has 0 aliphatic rings. The van der Waals surface area contributed by atoms with Crippen molar-refractivity contribution in [1.29, 1.82) is 0 Å². The number of rotatable bonds is 8. The molecule has 1 aromatic heterocycles. The number of thiophene rings is 1. The van der Waals surface area contributed by atoms with Crippen LogP contribution in [0.25, 0.3) is 0 Å². The van der Waals surface area contributed by atoms with Crippen LogP contribution in [0.5, 0.6) is 0 Å². The van der Waals surface area contributed by atoms with E-state index in [4.69, 9.17) is 0 Å². The van der Waals surface area contributed by atoms with Crippen LogP contribution >= 0.6 is 11.3 Å². The maximum atomic E-state index is 4.64. The van der Waals surface area contributed by atoms with Gasteiger partial charge in [0.25, 0.3) is 0 Å². The van der Waals surface area contributed by atoms with Crippen LogP contribution in [0.15, 0.2) is 17.1 Å². The van der Waals surface area contributed by atoms with E-state index in [1.54, 1.807) is 0 Å². The van der Waals surface area contributed by atoms with Gasteiger partial charge in [0.1, 0.15) is 0 Å². The number of likely N-dealkylation sites (N-methyl/N-ethyl adjacent to an activating group) is 1. The highest BCUT2D eigenvalue weighted by Crippen LogP contribution is 2.17. The van der Waals surface area contributed by atoms with Crippen LogP contribution in [0.2, 0.25) is 0 Å². The van der Waals surface area contributed by atoms with Gasteiger partial charge in [-0.2, -0.15) is 0 Å². The minimum atomic E-state index is 0.754. The number of hydrogen-bond donors (Lipinski definition) is 2. The Balaban J connectivity index is 2.45. The molecule has 1 aromatic rings. The minimum Gasteiger partial charge on any atom is -0.357 e. The molecular formula is C15H28N4S. The molecule has 0 radical (unpaired) electrons. The van der Waals surface area contributed by atoms with Crippen LogP contribution in [-0.2, 0) is 13.0 Å². The summed E-state index contributed by atoms with van der Waals surface area (Å²) in [6.45, 7) is 11.1. The van der Waals surface area contributed by atoms with Crippen molar-refractivity contribution in [3.8, 4) is 0 Å². The predicted octanol–water partition coefficient (Wildman–Crippen LogP) is 2.32. The number of hydrogen-bond acceptors (Lipinski definition) is 3. The number of aryl methyl sites for hydroxylation is 1. The molecule has 0 aliphatic heterocycles. The second kappa shape index (κ2) is 9.77. The smallest absolute Gasteiger partial charge is 0.191 e. The molecule has 0 atom stereocenters. The molecule has 4 nitrogen and oxygen atoms in total. The molecule has 0 saturated heterocycles. The second-order valence-electron chi connectivity index (χ2n) is 4.74. The van der Waals surface area contributed by atoms with Crippen LogP contribution < -0.4 is 10.6 Å². The van der Waals surface area contributed by atoms with E-state index >= 15 is 0 Å². The fraction of sp³-hybridized carbons (Fsp3) is 0.667. The summed E-state index contributed by atoms with van der Waals surface area (Å²) < 4.78 is 0. The summed E-state index contributed by atoms with van der Waals surface area (Å²) >= 11 is 1.85. The van der Waals surface area contributed by atoms with Gasteiger partial charge in [-0.25, -0.2) is 4.99 Å². The van der Waals surface area contributed by atoms with Crippen LogP contribution in [0.3, 0.4) is 0 Å². The molecule has 0 fully saturated rings. The molecule has 0 aliphatic carbocycles. The predicted molar refractivity (Wildman–Crippen MR) is 89.7 cm³/mol. The fourth-order valence-electron chi connectivity index (χ4n) is 1.72. The third-order valence-corrected chi connectivity index (χ3v) is 4.34. The van der Waals surface area contributed by atoms with Crippen molar-refractivity contribution in [2.24, 2.45) is 4.99 Å². The molecule has 0 unspecified atom stereocenters. The van der Waals surface area contributed by atoms with Crippen molar-refractivity contribution in [3.63, 3.8) is 0 Å². The largest absolute Gasteiger partial charge is 0.357 e. The number of nitrogens with zero attached hydrogens (tertiary/aromatic N) is 2. The van der Waals surface area contributed by atoms with Crippen LogP contribution in [0.4, 0.5) is 0 Å². The van der Waals surface area contributed by atoms with E-state index in [0.29, 0.717) is 0 Å². The zero-order valence-corrected chi connectivity index (χ0v) is 14.0. The molecular weight excluding hydrogens is 268 g/mol. The highest BCUT2D eigenvalue weighted by atomic mass is 32.1. The Hall–Kier alpha value is -1.07. The Kier molecular flexibility index (Phi) is 8.30. The van der Waals surface area contributed by atoms with Gasteiger partial charge < -0.3 is 15.5 Å². The van der Waals surface area contributed by atoms with Crippen molar-refractivity contribution >= 4 is 17.3 Å². The normalized spacial score (nSPS) is 11.9. The zero-order chi connectivity index (χ0) is 14.8. The molecule has 1 heterocycles. The Morgan fingerprint density at radius 3 is 2.55 bits per heavy atom. The summed E-state index contributed by atoms with van der Waals surface area (Å²) in [5, 5.41) is 6.67. The van der Waals surface area contributed by atoms with Gasteiger partial charge in [0.15, 0.2) is 5.96 Å². The van der Waals surface area contributed by atoms with E-state index in [0.717, 1.165) is 45.1 Å². The van der Waals surface area contributed by atoms with Gasteiger partial charge in [0.05, 0.1) is 6.54 Å². The first-order valence-corrected chi connectivity index (χ1v) is 8.29. The summed E-state index contributed by atoms with van der Waals surface area (Å²) in [7, 11) is 2.13. The van der Waals surface area contributed by atoms with Gasteiger partial charge in [0.2, 0.25) is 0 Å². The molecule has 20 heavy (non-hydrogen) atoms. The Bertz CT molecular complexity index is 400. The lowest BCUT2D eigenvalue weighted by Crippen LogP contribution is -2.40. The lowest BCUT2D eigenvalue weighted by molar-refractivity contribution is 0.357. The highest BCUT2D eigenvalue weighted by Gasteiger charge is 2.01. The first kappa shape index (κ1) is 17.0. The quantitative estimate of drug-likeness (QED) is 0.571. The van der Waals surface area contributed by atoms with Crippen molar-refractivity contribution in [3.05, 3.63) is 21.9 Å². The Morgan fingerprint density at radius 2 is 1.95 bits per heavy atom. The van der Waals surface area contributed by atoms with Crippen molar-refractivity contribution in [2.75, 3.05) is 33.2 Å². The summed E-state index contributed by atoms with van der Waals surface area (Å²) in [4.78, 5) is 9.67. The molecule has 1 rings (SSSR count). The van der Waals surface area contributed by atoms with Crippen molar-refractivity contribution in [1.82, 2.24) is 15.5 Å². The van der Waals surface area contributed by atoms with Gasteiger partial charge in [-0.05, 0) is 39.1 Å². The zero-order valence-electron chi connectivity index (χ0n) is 13.2. The van der Waals surface area contributed by atoms with Crippen molar-refractivity contribution in [2.45, 2.75) is 33.7 Å². The maximum Gasteiger partial charge on any atom is 0.191 e. The summed E-state index contributed by atoms with van der Waals surface area (Å²) in [6.07, 6.45) is 1.11. The molecule has 114 valence electrons. The highest BCUT2D eigenvalue weighted by molar-refractivity contribution is 7.11. The topological polar surface area (TPSA) is 39.7 Å². The van der Waals surface area contributed by atoms with Gasteiger partial charge in [-0.3, -0.25) is 0 Å². The van der Waals surface area contributed by atoms with E-state index in [-0.39, 0.29) is 0 Å². The number of nitrogens with one attached hydrogen (secondary N) is 2. The summed E-state index contributed by atoms with van der Waals surface area (Å²) in [5.74, 6) is 0.906. The van der Waals surface area contributed by atoms with Crippen LogP contribution in [-0.4, -0.2) is 44.1 Å². The van der Waals surface area contributed by atoms with Gasteiger partial charge in [0, 0.05) is 29.4 Å². The lowest BCUT2D eigenvalue weighted by Gasteiger charge is -2.16. The third-order valence-electron chi connectivity index (χ3n) is 3.13. The first-order valence-electron chi connectivity index (χ1n) is 7.47. The van der Waals surface area contributed by atoms with Crippen LogP contribution in [0.1, 0.15) is 30.5 Å². The van der Waals surface area contributed by atoms with E-state index < -0.39 is 0 Å². The average molecular weight is 296 g/mol. The molecule has 0 aromatic carbocycles. The fourth-order valence-corrected chi connectivity index (χ4v) is 2.60. The second-order valence-corrected chi connectivity index (χ2v) is 5.99. The van der Waals surface area contributed by atoms with Gasteiger partial charge in [-0.15, -0.1) is 11.3 Å². The van der Waals surface area contributed by atoms with E-state index in [9.17, 15) is 0 Å². The van der Waals surface area contributed by atoms with Gasteiger partial charge in [-0.1, -0.05) is 13.8 Å². The molecule has 0 amide bonds. The monoisotopic (exact) mass is 296 g/mol. The summed E-state index contributed by atoms with van der Waals surface area (Å²) in [5.41, 5.74) is 0. The Morgan fingerprint density at radius 1 is 1.20 bits per heavy atom. The molecule has 0 saturated carbocycles. The molecule has 0 spiro atoms.